The van der Waals surface area contributed by atoms with Gasteiger partial charge in [0.15, 0.2) is 0 Å². The maximum Gasteiger partial charge on any atom is 0.416 e. The first-order valence-electron chi connectivity index (χ1n) is 10.2. The van der Waals surface area contributed by atoms with Crippen LogP contribution in [0.25, 0.3) is 5.57 Å². The standard InChI is InChI=1S/C25H23F3N4O2/c1-16-6-7-20(34-21-8-9-31-23(12-21)18(13-29)15-30-2)11-22(16)24(33)32-14-17-4-3-5-19(10-17)25(26,27)28/h3-13,15H,14,29H2,1-2H3,(H,32,33)/b18-13+,30-15?. The number of aryl methyl sites for hydroxylation is 1. The van der Waals surface area contributed by atoms with Crippen LogP contribution < -0.4 is 15.8 Å². The van der Waals surface area contributed by atoms with E-state index in [1.54, 1.807) is 56.7 Å². The molecule has 0 aliphatic carbocycles. The van der Waals surface area contributed by atoms with Crippen molar-refractivity contribution < 1.29 is 22.7 Å². The molecule has 1 aromatic heterocycles. The van der Waals surface area contributed by atoms with Gasteiger partial charge in [-0.2, -0.15) is 13.2 Å². The predicted molar refractivity (Wildman–Crippen MR) is 125 cm³/mol. The minimum absolute atomic E-state index is 0.0474. The van der Waals surface area contributed by atoms with E-state index in [1.807, 2.05) is 0 Å². The molecular weight excluding hydrogens is 445 g/mol. The van der Waals surface area contributed by atoms with Crippen LogP contribution in [0.5, 0.6) is 11.5 Å². The van der Waals surface area contributed by atoms with Crippen LogP contribution in [0, 0.1) is 6.92 Å². The zero-order valence-corrected chi connectivity index (χ0v) is 18.6. The number of nitrogens with two attached hydrogens (primary N) is 1. The van der Waals surface area contributed by atoms with Crippen LogP contribution in [-0.4, -0.2) is 24.2 Å². The number of alkyl halides is 3. The van der Waals surface area contributed by atoms with Gasteiger partial charge in [-0.25, -0.2) is 0 Å². The maximum absolute atomic E-state index is 12.9. The van der Waals surface area contributed by atoms with Crippen molar-refractivity contribution in [2.24, 2.45) is 10.7 Å². The molecule has 0 saturated carbocycles. The van der Waals surface area contributed by atoms with Crippen molar-refractivity contribution >= 4 is 17.7 Å². The molecule has 0 bridgehead atoms. The fourth-order valence-corrected chi connectivity index (χ4v) is 3.15. The summed E-state index contributed by atoms with van der Waals surface area (Å²) in [6.45, 7) is 1.71. The quantitative estimate of drug-likeness (QED) is 0.471. The Morgan fingerprint density at radius 3 is 2.62 bits per heavy atom. The number of pyridine rings is 1. The molecule has 0 aliphatic rings. The van der Waals surface area contributed by atoms with E-state index in [0.717, 1.165) is 12.1 Å². The number of ether oxygens (including phenoxy) is 1. The number of hydrogen-bond donors (Lipinski definition) is 2. The third kappa shape index (κ3) is 6.22. The molecular formula is C25H23F3N4O2. The summed E-state index contributed by atoms with van der Waals surface area (Å²) in [4.78, 5) is 20.9. The number of halogens is 3. The van der Waals surface area contributed by atoms with E-state index in [-0.39, 0.29) is 6.54 Å². The van der Waals surface area contributed by atoms with Gasteiger partial charge in [0.25, 0.3) is 5.91 Å². The van der Waals surface area contributed by atoms with Gasteiger partial charge in [-0.1, -0.05) is 18.2 Å². The molecule has 3 aromatic rings. The topological polar surface area (TPSA) is 89.6 Å². The lowest BCUT2D eigenvalue weighted by molar-refractivity contribution is -0.137. The van der Waals surface area contributed by atoms with Crippen molar-refractivity contribution in [3.05, 3.63) is 94.9 Å². The number of nitrogens with zero attached hydrogens (tertiary/aromatic N) is 2. The minimum Gasteiger partial charge on any atom is -0.457 e. The summed E-state index contributed by atoms with van der Waals surface area (Å²) < 4.78 is 44.6. The second-order valence-electron chi connectivity index (χ2n) is 7.35. The number of nitrogens with one attached hydrogen (secondary N) is 1. The minimum atomic E-state index is -4.45. The third-order valence-electron chi connectivity index (χ3n) is 4.87. The molecule has 34 heavy (non-hydrogen) atoms. The second-order valence-corrected chi connectivity index (χ2v) is 7.35. The van der Waals surface area contributed by atoms with Gasteiger partial charge < -0.3 is 15.8 Å². The van der Waals surface area contributed by atoms with Gasteiger partial charge in [-0.05, 0) is 48.4 Å². The fourth-order valence-electron chi connectivity index (χ4n) is 3.15. The summed E-state index contributed by atoms with van der Waals surface area (Å²) in [6, 6.07) is 13.2. The van der Waals surface area contributed by atoms with Gasteiger partial charge >= 0.3 is 6.18 Å². The normalized spacial score (nSPS) is 12.1. The Hall–Kier alpha value is -4.14. The average molecular weight is 468 g/mol. The van der Waals surface area contributed by atoms with E-state index in [4.69, 9.17) is 10.5 Å². The van der Waals surface area contributed by atoms with Crippen LogP contribution in [0.1, 0.15) is 32.7 Å². The van der Waals surface area contributed by atoms with Gasteiger partial charge in [0, 0.05) is 49.4 Å². The molecule has 0 aliphatic heterocycles. The summed E-state index contributed by atoms with van der Waals surface area (Å²) in [5.74, 6) is 0.464. The molecule has 3 rings (SSSR count). The first-order chi connectivity index (χ1) is 16.2. The molecule has 176 valence electrons. The summed E-state index contributed by atoms with van der Waals surface area (Å²) in [7, 11) is 1.62. The SMILES string of the molecule is CN=C/C(=C\N)c1cc(Oc2ccc(C)c(C(=O)NCc3cccc(C(F)(F)F)c3)c2)ccn1. The lowest BCUT2D eigenvalue weighted by Crippen LogP contribution is -2.23. The second kappa shape index (κ2) is 10.7. The van der Waals surface area contributed by atoms with Crippen molar-refractivity contribution in [2.45, 2.75) is 19.6 Å². The molecule has 6 nitrogen and oxygen atoms in total. The smallest absolute Gasteiger partial charge is 0.416 e. The van der Waals surface area contributed by atoms with Crippen molar-refractivity contribution in [2.75, 3.05) is 7.05 Å². The molecule has 9 heteroatoms. The molecule has 0 unspecified atom stereocenters. The molecule has 2 aromatic carbocycles. The van der Waals surface area contributed by atoms with Crippen LogP contribution in [0.3, 0.4) is 0 Å². The Balaban J connectivity index is 1.75. The van der Waals surface area contributed by atoms with Crippen LogP contribution in [-0.2, 0) is 12.7 Å². The van der Waals surface area contributed by atoms with Gasteiger partial charge in [0.05, 0.1) is 11.3 Å². The summed E-state index contributed by atoms with van der Waals surface area (Å²) in [6.07, 6.45) is 0.0797. The van der Waals surface area contributed by atoms with Crippen LogP contribution in [0.15, 0.2) is 72.0 Å². The lowest BCUT2D eigenvalue weighted by Gasteiger charge is -2.12. The highest BCUT2D eigenvalue weighted by atomic mass is 19.4. The number of hydrogen-bond acceptors (Lipinski definition) is 5. The fraction of sp³-hybridized carbons (Fsp3) is 0.160. The van der Waals surface area contributed by atoms with Crippen molar-refractivity contribution in [1.29, 1.82) is 0 Å². The van der Waals surface area contributed by atoms with Gasteiger partial charge in [-0.3, -0.25) is 14.8 Å². The highest BCUT2D eigenvalue weighted by Gasteiger charge is 2.30. The highest BCUT2D eigenvalue weighted by molar-refractivity contribution is 6.08. The molecule has 0 spiro atoms. The number of aliphatic imine (C=N–C) groups is 1. The van der Waals surface area contributed by atoms with Crippen molar-refractivity contribution in [3.63, 3.8) is 0 Å². The van der Waals surface area contributed by atoms with Crippen LogP contribution >= 0.6 is 0 Å². The molecule has 3 N–H and O–H groups in total. The predicted octanol–water partition coefficient (Wildman–Crippen LogP) is 5.13. The van der Waals surface area contributed by atoms with E-state index in [1.165, 1.54) is 18.3 Å². The van der Waals surface area contributed by atoms with Gasteiger partial charge in [0.1, 0.15) is 11.5 Å². The average Bonchev–Trinajstić information content (AvgIpc) is 2.82. The van der Waals surface area contributed by atoms with E-state index in [2.05, 4.69) is 15.3 Å². The Morgan fingerprint density at radius 1 is 1.15 bits per heavy atom. The largest absolute Gasteiger partial charge is 0.457 e. The summed E-state index contributed by atoms with van der Waals surface area (Å²) >= 11 is 0. The van der Waals surface area contributed by atoms with E-state index >= 15 is 0 Å². The first kappa shape index (κ1) is 24.5. The Morgan fingerprint density at radius 2 is 1.91 bits per heavy atom. The first-order valence-corrected chi connectivity index (χ1v) is 10.2. The van der Waals surface area contributed by atoms with E-state index in [0.29, 0.717) is 39.5 Å². The zero-order valence-electron chi connectivity index (χ0n) is 18.6. The summed E-state index contributed by atoms with van der Waals surface area (Å²) in [5, 5.41) is 2.66. The number of allylic oxidation sites excluding steroid dienone is 1. The van der Waals surface area contributed by atoms with E-state index in [9.17, 15) is 18.0 Å². The van der Waals surface area contributed by atoms with Crippen LogP contribution in [0.2, 0.25) is 0 Å². The molecule has 0 fully saturated rings. The lowest BCUT2D eigenvalue weighted by atomic mass is 10.1. The number of rotatable bonds is 7. The maximum atomic E-state index is 12.9. The highest BCUT2D eigenvalue weighted by Crippen LogP contribution is 2.29. The monoisotopic (exact) mass is 468 g/mol. The molecule has 0 atom stereocenters. The number of carbonyl (C=O) groups excluding carboxylic acids is 1. The Kier molecular flexibility index (Phi) is 7.68. The summed E-state index contributed by atoms with van der Waals surface area (Å²) in [5.41, 5.74) is 7.43. The van der Waals surface area contributed by atoms with Crippen molar-refractivity contribution in [3.8, 4) is 11.5 Å². The number of benzene rings is 2. The number of carbonyl (C=O) groups is 1. The molecule has 0 saturated heterocycles. The van der Waals surface area contributed by atoms with Gasteiger partial charge in [-0.15, -0.1) is 0 Å². The number of amides is 1. The molecule has 1 heterocycles. The van der Waals surface area contributed by atoms with Crippen LogP contribution in [0.4, 0.5) is 13.2 Å². The molecule has 0 radical (unpaired) electrons. The molecule has 1 amide bonds. The van der Waals surface area contributed by atoms with Crippen molar-refractivity contribution in [1.82, 2.24) is 10.3 Å². The van der Waals surface area contributed by atoms with E-state index < -0.39 is 17.6 Å². The third-order valence-corrected chi connectivity index (χ3v) is 4.87. The Labute approximate surface area is 195 Å². The van der Waals surface area contributed by atoms with Gasteiger partial charge in [0.2, 0.25) is 0 Å². The Bertz CT molecular complexity index is 1240. The number of aromatic nitrogens is 1. The zero-order chi connectivity index (χ0) is 24.7.